The minimum Gasteiger partial charge on any atom is -0.393 e. The molecule has 0 bridgehead atoms. The van der Waals surface area contributed by atoms with Gasteiger partial charge in [-0.05, 0) is 51.4 Å². The Bertz CT molecular complexity index is 1150. The number of hydrogen-bond donors (Lipinski definition) is 9. The van der Waals surface area contributed by atoms with Crippen LogP contribution in [0.3, 0.4) is 0 Å². The lowest BCUT2D eigenvalue weighted by Crippen LogP contribution is -2.64. The Hall–Kier alpha value is -1.74. The zero-order chi connectivity index (χ0) is 41.6. The molecule has 0 aromatic rings. The number of unbranched alkanes of at least 4 members (excludes halogenated alkanes) is 14. The summed E-state index contributed by atoms with van der Waals surface area (Å²) in [5.74, 6) is -0.611. The van der Waals surface area contributed by atoms with Crippen LogP contribution in [0.5, 0.6) is 0 Å². The second-order valence-electron chi connectivity index (χ2n) is 15.0. The molecular formula is C42H76NO12P. The van der Waals surface area contributed by atoms with E-state index in [1.165, 1.54) is 63.9 Å². The van der Waals surface area contributed by atoms with E-state index in [1.807, 2.05) is 6.08 Å². The van der Waals surface area contributed by atoms with Gasteiger partial charge in [0.1, 0.15) is 36.6 Å². The summed E-state index contributed by atoms with van der Waals surface area (Å²) in [4.78, 5) is 23.2. The highest BCUT2D eigenvalue weighted by Crippen LogP contribution is 2.47. The van der Waals surface area contributed by atoms with Gasteiger partial charge in [-0.1, -0.05) is 140 Å². The van der Waals surface area contributed by atoms with Crippen molar-refractivity contribution in [2.75, 3.05) is 6.61 Å². The van der Waals surface area contributed by atoms with Crippen LogP contribution in [0.4, 0.5) is 0 Å². The Morgan fingerprint density at radius 3 is 1.75 bits per heavy atom. The quantitative estimate of drug-likeness (QED) is 0.0212. The smallest absolute Gasteiger partial charge is 0.393 e. The van der Waals surface area contributed by atoms with E-state index >= 15 is 0 Å². The molecule has 0 aromatic heterocycles. The molecule has 326 valence electrons. The van der Waals surface area contributed by atoms with Gasteiger partial charge in [0.2, 0.25) is 5.91 Å². The molecule has 8 atom stereocenters. The number of allylic oxidation sites excluding steroid dienone is 7. The van der Waals surface area contributed by atoms with E-state index in [-0.39, 0.29) is 6.42 Å². The van der Waals surface area contributed by atoms with Gasteiger partial charge in [0.15, 0.2) is 0 Å². The molecule has 13 nitrogen and oxygen atoms in total. The third kappa shape index (κ3) is 24.2. The number of phosphoric acid groups is 1. The van der Waals surface area contributed by atoms with Crippen molar-refractivity contribution >= 4 is 13.7 Å². The second kappa shape index (κ2) is 32.2. The van der Waals surface area contributed by atoms with Crippen LogP contribution in [0, 0.1) is 0 Å². The van der Waals surface area contributed by atoms with Gasteiger partial charge in [0.25, 0.3) is 0 Å². The Balaban J connectivity index is 2.45. The van der Waals surface area contributed by atoms with E-state index < -0.39 is 75.2 Å². The summed E-state index contributed by atoms with van der Waals surface area (Å²) >= 11 is 0. The summed E-state index contributed by atoms with van der Waals surface area (Å²) < 4.78 is 22.7. The first-order chi connectivity index (χ1) is 26.8. The predicted molar refractivity (Wildman–Crippen MR) is 219 cm³/mol. The van der Waals surface area contributed by atoms with Crippen molar-refractivity contribution in [2.24, 2.45) is 0 Å². The predicted octanol–water partition coefficient (Wildman–Crippen LogP) is 5.97. The Labute approximate surface area is 336 Å². The van der Waals surface area contributed by atoms with Crippen molar-refractivity contribution in [1.29, 1.82) is 0 Å². The van der Waals surface area contributed by atoms with E-state index in [2.05, 4.69) is 49.5 Å². The summed E-state index contributed by atoms with van der Waals surface area (Å²) in [6, 6.07) is -1.25. The normalized spacial score (nSPS) is 24.7. The third-order valence-corrected chi connectivity index (χ3v) is 10.9. The highest BCUT2D eigenvalue weighted by molar-refractivity contribution is 7.47. The van der Waals surface area contributed by atoms with Gasteiger partial charge >= 0.3 is 7.82 Å². The average Bonchev–Trinajstić information content (AvgIpc) is 3.17. The van der Waals surface area contributed by atoms with Gasteiger partial charge in [-0.15, -0.1) is 0 Å². The molecule has 14 heteroatoms. The fourth-order valence-corrected chi connectivity index (χ4v) is 7.38. The zero-order valence-electron chi connectivity index (χ0n) is 34.0. The van der Waals surface area contributed by atoms with E-state index in [4.69, 9.17) is 9.05 Å². The first-order valence-electron chi connectivity index (χ1n) is 21.2. The van der Waals surface area contributed by atoms with Crippen LogP contribution < -0.4 is 5.32 Å². The number of carbonyl (C=O) groups is 1. The van der Waals surface area contributed by atoms with Gasteiger partial charge in [0.05, 0.1) is 31.3 Å². The van der Waals surface area contributed by atoms with E-state index in [1.54, 1.807) is 6.08 Å². The molecule has 1 rings (SSSR count). The first kappa shape index (κ1) is 52.3. The van der Waals surface area contributed by atoms with E-state index in [9.17, 15) is 50.0 Å². The van der Waals surface area contributed by atoms with Gasteiger partial charge in [-0.25, -0.2) is 4.57 Å². The lowest BCUT2D eigenvalue weighted by atomic mass is 9.85. The molecule has 1 fully saturated rings. The highest BCUT2D eigenvalue weighted by atomic mass is 31.2. The van der Waals surface area contributed by atoms with Gasteiger partial charge in [-0.2, -0.15) is 0 Å². The lowest BCUT2D eigenvalue weighted by molar-refractivity contribution is -0.220. The fourth-order valence-electron chi connectivity index (χ4n) is 6.42. The van der Waals surface area contributed by atoms with Crippen LogP contribution in [-0.2, 0) is 18.4 Å². The standard InChI is InChI=1S/C42H76NO12P/c1-3-5-7-9-11-12-13-14-15-16-17-18-19-20-21-22-24-25-27-29-33(44)31-36(46)43-34(35(45)30-28-26-23-10-8-6-4-2)32-54-56(52,53)55-42-40(50)38(48)37(47)39(49)41(42)51/h5,7-8,10-12,28,30,33-35,37-42,44-45,47-51H,3-4,6,9,13-27,29,31-32H2,1-2H3,(H,43,46)(H,52,53)/b7-5-,10-8+,12-11-,30-28+. The van der Waals surface area contributed by atoms with Crippen LogP contribution in [0.25, 0.3) is 0 Å². The maximum Gasteiger partial charge on any atom is 0.472 e. The monoisotopic (exact) mass is 818 g/mol. The molecule has 1 aliphatic carbocycles. The summed E-state index contributed by atoms with van der Waals surface area (Å²) in [5.41, 5.74) is 0. The van der Waals surface area contributed by atoms with Crippen LogP contribution in [0.15, 0.2) is 48.6 Å². The van der Waals surface area contributed by atoms with Crippen molar-refractivity contribution in [3.05, 3.63) is 48.6 Å². The molecule has 1 aliphatic rings. The van der Waals surface area contributed by atoms with Crippen molar-refractivity contribution in [3.8, 4) is 0 Å². The molecule has 0 aliphatic heterocycles. The van der Waals surface area contributed by atoms with Gasteiger partial charge in [-0.3, -0.25) is 13.8 Å². The number of aliphatic hydroxyl groups excluding tert-OH is 7. The second-order valence-corrected chi connectivity index (χ2v) is 16.4. The number of aliphatic hydroxyl groups is 7. The molecule has 1 amide bonds. The molecule has 1 saturated carbocycles. The summed E-state index contributed by atoms with van der Waals surface area (Å²) in [6.45, 7) is 3.47. The average molecular weight is 818 g/mol. The lowest BCUT2D eigenvalue weighted by Gasteiger charge is -2.41. The topological polar surface area (TPSA) is 226 Å². The summed E-state index contributed by atoms with van der Waals surface area (Å²) in [6.07, 6.45) is 22.7. The van der Waals surface area contributed by atoms with E-state index in [0.29, 0.717) is 12.8 Å². The highest BCUT2D eigenvalue weighted by Gasteiger charge is 2.51. The number of amides is 1. The molecule has 0 aromatic carbocycles. The number of rotatable bonds is 33. The zero-order valence-corrected chi connectivity index (χ0v) is 34.9. The molecule has 9 N–H and O–H groups in total. The molecule has 0 saturated heterocycles. The summed E-state index contributed by atoms with van der Waals surface area (Å²) in [7, 11) is -5.14. The number of hydrogen-bond acceptors (Lipinski definition) is 11. The fraction of sp³-hybridized carbons (Fsp3) is 0.786. The van der Waals surface area contributed by atoms with Crippen molar-refractivity contribution in [1.82, 2.24) is 5.32 Å². The minimum atomic E-state index is -5.14. The van der Waals surface area contributed by atoms with E-state index in [0.717, 1.165) is 57.8 Å². The van der Waals surface area contributed by atoms with Crippen LogP contribution >= 0.6 is 7.82 Å². The largest absolute Gasteiger partial charge is 0.472 e. The number of carbonyl (C=O) groups excluding carboxylic acids is 1. The van der Waals surface area contributed by atoms with Gasteiger partial charge in [0, 0.05) is 0 Å². The molecule has 0 heterocycles. The Morgan fingerprint density at radius 2 is 1.16 bits per heavy atom. The maximum absolute atomic E-state index is 12.9. The van der Waals surface area contributed by atoms with Crippen molar-refractivity contribution in [3.63, 3.8) is 0 Å². The molecule has 8 unspecified atom stereocenters. The van der Waals surface area contributed by atoms with Crippen molar-refractivity contribution in [2.45, 2.75) is 204 Å². The van der Waals surface area contributed by atoms with Gasteiger partial charge < -0.3 is 46.0 Å². The Kier molecular flexibility index (Phi) is 30.0. The minimum absolute atomic E-state index is 0.256. The van der Waals surface area contributed by atoms with Crippen LogP contribution in [-0.4, -0.2) is 108 Å². The molecular weight excluding hydrogens is 741 g/mol. The van der Waals surface area contributed by atoms with Crippen molar-refractivity contribution < 1.29 is 59.0 Å². The molecule has 0 radical (unpaired) electrons. The first-order valence-corrected chi connectivity index (χ1v) is 22.7. The Morgan fingerprint density at radius 1 is 0.661 bits per heavy atom. The number of phosphoric ester groups is 1. The maximum atomic E-state index is 12.9. The van der Waals surface area contributed by atoms with Crippen LogP contribution in [0.2, 0.25) is 0 Å². The molecule has 0 spiro atoms. The molecule has 56 heavy (non-hydrogen) atoms. The number of nitrogens with one attached hydrogen (secondary N) is 1. The SMILES string of the molecule is CC/C=C\C/C=C\CCCCCCCCCCCCCCC(O)CC(=O)NC(COP(=O)(O)OC1C(O)C(O)C(O)C(O)C1O)C(O)/C=C/CC/C=C/CCC. The summed E-state index contributed by atoms with van der Waals surface area (Å²) in [5, 5.41) is 73.9. The van der Waals surface area contributed by atoms with Crippen LogP contribution in [0.1, 0.15) is 149 Å². The third-order valence-electron chi connectivity index (χ3n) is 9.88.